The molecular weight excluding hydrogens is 621 g/mol. The van der Waals surface area contributed by atoms with Gasteiger partial charge in [-0.2, -0.15) is 8.42 Å². The van der Waals surface area contributed by atoms with Crippen LogP contribution in [-0.4, -0.2) is 17.5 Å². The highest BCUT2D eigenvalue weighted by molar-refractivity contribution is 14.1. The van der Waals surface area contributed by atoms with Crippen LogP contribution in [0, 0.1) is 14.3 Å². The van der Waals surface area contributed by atoms with Crippen molar-refractivity contribution in [3.8, 4) is 0 Å². The van der Waals surface area contributed by atoms with Crippen LogP contribution in [0.1, 0.15) is 0 Å². The zero-order valence-corrected chi connectivity index (χ0v) is 17.2. The Labute approximate surface area is 155 Å². The zero-order valence-electron chi connectivity index (χ0n) is 9.87. The molecule has 0 aliphatic heterocycles. The van der Waals surface area contributed by atoms with E-state index in [0.29, 0.717) is 0 Å². The lowest BCUT2D eigenvalue weighted by Gasteiger charge is -1.89. The smallest absolute Gasteiger partial charge is 0.264 e. The Bertz CT molecular complexity index is 588. The van der Waals surface area contributed by atoms with E-state index in [1.54, 1.807) is 0 Å². The number of rotatable bonds is 2. The second-order valence-electron chi connectivity index (χ2n) is 3.42. The normalized spacial score (nSPS) is 10.6. The van der Waals surface area contributed by atoms with E-state index in [-0.39, 0.29) is 21.2 Å². The Balaban J connectivity index is 0.000000347. The third-order valence-electron chi connectivity index (χ3n) is 1.83. The van der Waals surface area contributed by atoms with Crippen molar-refractivity contribution in [2.75, 3.05) is 0 Å². The molecule has 2 N–H and O–H groups in total. The Hall–Kier alpha value is 0.500. The molecule has 0 heterocycles. The molecule has 0 bridgehead atoms. The van der Waals surface area contributed by atoms with Gasteiger partial charge in [-0.1, -0.05) is 0 Å². The van der Waals surface area contributed by atoms with Gasteiger partial charge in [0.1, 0.15) is 0 Å². The van der Waals surface area contributed by atoms with E-state index < -0.39 is 10.4 Å². The lowest BCUT2D eigenvalue weighted by atomic mass is 10.4. The molecule has 0 aliphatic carbocycles. The highest BCUT2D eigenvalue weighted by Crippen LogP contribution is 2.02. The Kier molecular flexibility index (Phi) is 8.18. The fraction of sp³-hybridized carbons (Fsp3) is 0. The van der Waals surface area contributed by atoms with Crippen molar-refractivity contribution >= 4 is 55.6 Å². The largest absolute Gasteiger partial charge is 0.394 e. The molecule has 0 atom stereocenters. The first-order valence-electron chi connectivity index (χ1n) is 5.10. The molecule has 2 aromatic carbocycles. The molecule has 0 saturated heterocycles. The zero-order chi connectivity index (χ0) is 15.2. The maximum absolute atomic E-state index is 8.74. The highest BCUT2D eigenvalue weighted by atomic mass is 127. The molecule has 0 saturated carbocycles. The third kappa shape index (κ3) is 9.44. The minimum atomic E-state index is -4.67. The summed E-state index contributed by atoms with van der Waals surface area (Å²) in [5.74, 6) is 0. The lowest BCUT2D eigenvalue weighted by molar-refractivity contribution is -0.597. The van der Waals surface area contributed by atoms with Crippen LogP contribution in [0.25, 0.3) is 0 Å². The molecular formula is C12H10I3O4S+. The van der Waals surface area contributed by atoms with Gasteiger partial charge in [-0.05, 0) is 93.7 Å². The monoisotopic (exact) mass is 631 g/mol. The van der Waals surface area contributed by atoms with Crippen LogP contribution in [0.4, 0.5) is 0 Å². The molecule has 108 valence electrons. The molecule has 20 heavy (non-hydrogen) atoms. The maximum Gasteiger partial charge on any atom is 0.394 e. The summed E-state index contributed by atoms with van der Waals surface area (Å²) in [5, 5.41) is 0. The molecule has 0 radical (unpaired) electrons. The summed E-state index contributed by atoms with van der Waals surface area (Å²) in [6, 6.07) is 17.7. The van der Waals surface area contributed by atoms with Gasteiger partial charge in [-0.25, -0.2) is 0 Å². The SMILES string of the molecule is Ic1ccc([I+]c2ccc(I)cc2)cc1.O=S(=O)(O)O. The van der Waals surface area contributed by atoms with E-state index in [0.717, 1.165) is 0 Å². The topological polar surface area (TPSA) is 74.6 Å². The summed E-state index contributed by atoms with van der Waals surface area (Å²) in [5.41, 5.74) is 0. The Morgan fingerprint density at radius 3 is 1.25 bits per heavy atom. The quantitative estimate of drug-likeness (QED) is 0.372. The first-order chi connectivity index (χ1) is 9.24. The van der Waals surface area contributed by atoms with Gasteiger partial charge in [0.25, 0.3) is 0 Å². The van der Waals surface area contributed by atoms with Crippen LogP contribution in [0.2, 0.25) is 0 Å². The second-order valence-corrected chi connectivity index (χ2v) is 9.83. The summed E-state index contributed by atoms with van der Waals surface area (Å²) >= 11 is 4.68. The van der Waals surface area contributed by atoms with Gasteiger partial charge in [0, 0.05) is 7.14 Å². The van der Waals surface area contributed by atoms with Crippen LogP contribution in [0.3, 0.4) is 0 Å². The van der Waals surface area contributed by atoms with Crippen molar-refractivity contribution in [1.29, 1.82) is 0 Å². The summed E-state index contributed by atoms with van der Waals surface area (Å²) in [6.07, 6.45) is 0. The van der Waals surface area contributed by atoms with E-state index in [4.69, 9.17) is 17.5 Å². The van der Waals surface area contributed by atoms with Gasteiger partial charge in [0.05, 0.1) is 0 Å². The molecule has 0 aromatic heterocycles. The van der Waals surface area contributed by atoms with Crippen molar-refractivity contribution in [1.82, 2.24) is 0 Å². The van der Waals surface area contributed by atoms with Gasteiger partial charge < -0.3 is 0 Å². The number of hydrogen-bond acceptors (Lipinski definition) is 2. The van der Waals surface area contributed by atoms with E-state index in [9.17, 15) is 0 Å². The van der Waals surface area contributed by atoms with Crippen molar-refractivity contribution < 1.29 is 38.7 Å². The number of hydrogen-bond donors (Lipinski definition) is 2. The molecule has 0 fully saturated rings. The van der Waals surface area contributed by atoms with Crippen LogP contribution in [0.15, 0.2) is 48.5 Å². The van der Waals surface area contributed by atoms with E-state index in [2.05, 4.69) is 93.7 Å². The molecule has 8 heteroatoms. The van der Waals surface area contributed by atoms with Gasteiger partial charge in [0.15, 0.2) is 7.14 Å². The van der Waals surface area contributed by atoms with E-state index in [1.807, 2.05) is 0 Å². The predicted octanol–water partition coefficient (Wildman–Crippen LogP) is 0.371. The van der Waals surface area contributed by atoms with Crippen molar-refractivity contribution in [2.24, 2.45) is 0 Å². The summed E-state index contributed by atoms with van der Waals surface area (Å²) in [7, 11) is -4.67. The Morgan fingerprint density at radius 2 is 1.00 bits per heavy atom. The van der Waals surface area contributed by atoms with Crippen LogP contribution >= 0.6 is 45.2 Å². The molecule has 4 nitrogen and oxygen atoms in total. The third-order valence-corrected chi connectivity index (χ3v) is 5.95. The molecule has 2 rings (SSSR count). The van der Waals surface area contributed by atoms with Crippen LogP contribution in [0.5, 0.6) is 0 Å². The summed E-state index contributed by atoms with van der Waals surface area (Å²) in [6.45, 7) is 0. The highest BCUT2D eigenvalue weighted by Gasteiger charge is 2.14. The maximum atomic E-state index is 8.74. The van der Waals surface area contributed by atoms with Gasteiger partial charge >= 0.3 is 31.6 Å². The van der Waals surface area contributed by atoms with E-state index in [1.165, 1.54) is 14.3 Å². The average molecular weight is 631 g/mol. The molecule has 0 unspecified atom stereocenters. The lowest BCUT2D eigenvalue weighted by Crippen LogP contribution is -3.61. The number of benzene rings is 2. The van der Waals surface area contributed by atoms with Gasteiger partial charge in [0.2, 0.25) is 0 Å². The summed E-state index contributed by atoms with van der Waals surface area (Å²) < 4.78 is 37.2. The minimum absolute atomic E-state index is 0.00353. The fourth-order valence-electron chi connectivity index (χ4n) is 1.11. The molecule has 2 aromatic rings. The van der Waals surface area contributed by atoms with Gasteiger partial charge in [-0.3, -0.25) is 9.11 Å². The van der Waals surface area contributed by atoms with Crippen LogP contribution in [-0.2, 0) is 10.4 Å². The first kappa shape index (κ1) is 18.5. The predicted molar refractivity (Wildman–Crippen MR) is 89.9 cm³/mol. The standard InChI is InChI=1S/C12H8I3.H2O4S/c13-9-1-5-11(6-2-9)15-12-7-3-10(14)4-8-12;1-5(2,3)4/h1-8H;(H2,1,2,3,4)/q+1;. The van der Waals surface area contributed by atoms with Crippen molar-refractivity contribution in [2.45, 2.75) is 0 Å². The average Bonchev–Trinajstić information content (AvgIpc) is 2.33. The molecule has 0 aliphatic rings. The minimum Gasteiger partial charge on any atom is -0.264 e. The summed E-state index contributed by atoms with van der Waals surface area (Å²) in [4.78, 5) is 0. The first-order valence-corrected chi connectivity index (χ1v) is 10.8. The molecule has 0 amide bonds. The Morgan fingerprint density at radius 1 is 0.750 bits per heavy atom. The van der Waals surface area contributed by atoms with Crippen LogP contribution < -0.4 is 21.2 Å². The van der Waals surface area contributed by atoms with Crippen molar-refractivity contribution in [3.63, 3.8) is 0 Å². The second kappa shape index (κ2) is 8.82. The van der Waals surface area contributed by atoms with Crippen molar-refractivity contribution in [3.05, 3.63) is 62.8 Å². The molecule has 0 spiro atoms. The van der Waals surface area contributed by atoms with Gasteiger partial charge in [-0.15, -0.1) is 0 Å². The van der Waals surface area contributed by atoms with E-state index >= 15 is 0 Å². The fourth-order valence-corrected chi connectivity index (χ4v) is 3.99. The number of halogens is 3.